The second-order valence-corrected chi connectivity index (χ2v) is 4.46. The second-order valence-electron chi connectivity index (χ2n) is 3.61. The third kappa shape index (κ3) is 2.65. The number of nitrogens with one attached hydrogen (secondary N) is 1. The molecule has 1 saturated carbocycles. The van der Waals surface area contributed by atoms with Gasteiger partial charge in [0.2, 0.25) is 0 Å². The number of pyridine rings is 1. The van der Waals surface area contributed by atoms with Gasteiger partial charge < -0.3 is 5.32 Å². The van der Waals surface area contributed by atoms with Crippen molar-refractivity contribution in [2.45, 2.75) is 12.8 Å². The maximum Gasteiger partial charge on any atom is 0.288 e. The summed E-state index contributed by atoms with van der Waals surface area (Å²) in [6.07, 6.45) is 3.79. The molecule has 1 aromatic rings. The average molecular weight is 272 g/mol. The molecule has 0 saturated heterocycles. The van der Waals surface area contributed by atoms with Crippen LogP contribution in [0.5, 0.6) is 0 Å². The number of nitrogens with zero attached hydrogens (tertiary/aromatic N) is 2. The summed E-state index contributed by atoms with van der Waals surface area (Å²) in [5, 5.41) is 13.6. The van der Waals surface area contributed by atoms with Gasteiger partial charge in [0, 0.05) is 12.6 Å². The lowest BCUT2D eigenvalue weighted by Gasteiger charge is -2.05. The van der Waals surface area contributed by atoms with Gasteiger partial charge >= 0.3 is 0 Å². The van der Waals surface area contributed by atoms with Crippen LogP contribution in [0.2, 0.25) is 0 Å². The van der Waals surface area contributed by atoms with Gasteiger partial charge in [-0.2, -0.15) is 0 Å². The molecule has 2 rings (SSSR count). The summed E-state index contributed by atoms with van der Waals surface area (Å²) in [6.45, 7) is 0.892. The molecule has 1 heterocycles. The maximum atomic E-state index is 10.5. The highest BCUT2D eigenvalue weighted by molar-refractivity contribution is 9.10. The Morgan fingerprint density at radius 3 is 2.93 bits per heavy atom. The Morgan fingerprint density at radius 1 is 1.67 bits per heavy atom. The number of nitro groups is 1. The van der Waals surface area contributed by atoms with Crippen molar-refractivity contribution in [2.75, 3.05) is 11.9 Å². The molecule has 0 radical (unpaired) electrons. The van der Waals surface area contributed by atoms with Crippen LogP contribution in [-0.2, 0) is 0 Å². The summed E-state index contributed by atoms with van der Waals surface area (Å²) in [5.74, 6) is 1.42. The second kappa shape index (κ2) is 4.14. The standard InChI is InChI=1S/C9H10BrN3O2/c10-8-3-7(13(14)15)5-12-9(8)11-4-6-1-2-6/h3,5-6H,1-2,4H2,(H,11,12). The maximum absolute atomic E-state index is 10.5. The van der Waals surface area contributed by atoms with E-state index >= 15 is 0 Å². The molecule has 0 atom stereocenters. The summed E-state index contributed by atoms with van der Waals surface area (Å²) in [4.78, 5) is 14.0. The zero-order chi connectivity index (χ0) is 10.8. The Balaban J connectivity index is 2.07. The van der Waals surface area contributed by atoms with E-state index in [1.807, 2.05) is 0 Å². The lowest BCUT2D eigenvalue weighted by Crippen LogP contribution is -2.05. The van der Waals surface area contributed by atoms with Gasteiger partial charge in [0.1, 0.15) is 12.0 Å². The van der Waals surface area contributed by atoms with Gasteiger partial charge in [-0.3, -0.25) is 10.1 Å². The van der Waals surface area contributed by atoms with Crippen molar-refractivity contribution >= 4 is 27.4 Å². The van der Waals surface area contributed by atoms with Crippen LogP contribution in [0, 0.1) is 16.0 Å². The zero-order valence-corrected chi connectivity index (χ0v) is 9.53. The van der Waals surface area contributed by atoms with Crippen molar-refractivity contribution in [3.63, 3.8) is 0 Å². The van der Waals surface area contributed by atoms with Crippen LogP contribution in [0.1, 0.15) is 12.8 Å². The van der Waals surface area contributed by atoms with Gasteiger partial charge in [0.25, 0.3) is 5.69 Å². The van der Waals surface area contributed by atoms with Crippen LogP contribution < -0.4 is 5.32 Å². The Morgan fingerprint density at radius 2 is 2.40 bits per heavy atom. The highest BCUT2D eigenvalue weighted by atomic mass is 79.9. The number of hydrogen-bond acceptors (Lipinski definition) is 4. The Labute approximate surface area is 95.2 Å². The molecular formula is C9H10BrN3O2. The molecule has 15 heavy (non-hydrogen) atoms. The quantitative estimate of drug-likeness (QED) is 0.675. The SMILES string of the molecule is O=[N+]([O-])c1cnc(NCC2CC2)c(Br)c1. The van der Waals surface area contributed by atoms with E-state index in [0.717, 1.165) is 12.5 Å². The summed E-state index contributed by atoms with van der Waals surface area (Å²) in [7, 11) is 0. The number of anilines is 1. The van der Waals surface area contributed by atoms with E-state index in [4.69, 9.17) is 0 Å². The predicted molar refractivity (Wildman–Crippen MR) is 59.8 cm³/mol. The molecule has 0 unspecified atom stereocenters. The molecular weight excluding hydrogens is 262 g/mol. The number of halogens is 1. The summed E-state index contributed by atoms with van der Waals surface area (Å²) < 4.78 is 0.636. The van der Waals surface area contributed by atoms with E-state index in [-0.39, 0.29) is 5.69 Å². The van der Waals surface area contributed by atoms with E-state index in [1.54, 1.807) is 0 Å². The van der Waals surface area contributed by atoms with Gasteiger partial charge in [-0.25, -0.2) is 4.98 Å². The first-order chi connectivity index (χ1) is 7.16. The molecule has 80 valence electrons. The largest absolute Gasteiger partial charge is 0.369 e. The molecule has 0 aliphatic heterocycles. The molecule has 1 aromatic heterocycles. The van der Waals surface area contributed by atoms with Gasteiger partial charge in [0.05, 0.1) is 9.40 Å². The predicted octanol–water partition coefficient (Wildman–Crippen LogP) is 2.57. The van der Waals surface area contributed by atoms with Crippen molar-refractivity contribution in [3.8, 4) is 0 Å². The molecule has 0 spiro atoms. The topological polar surface area (TPSA) is 68.1 Å². The molecule has 1 aliphatic rings. The minimum absolute atomic E-state index is 0.00107. The molecule has 1 fully saturated rings. The van der Waals surface area contributed by atoms with Crippen LogP contribution in [0.3, 0.4) is 0 Å². The Hall–Kier alpha value is -1.17. The van der Waals surface area contributed by atoms with Crippen LogP contribution in [0.15, 0.2) is 16.7 Å². The van der Waals surface area contributed by atoms with Crippen LogP contribution in [0.4, 0.5) is 11.5 Å². The van der Waals surface area contributed by atoms with E-state index in [2.05, 4.69) is 26.2 Å². The molecule has 1 N–H and O–H groups in total. The minimum atomic E-state index is -0.456. The summed E-state index contributed by atoms with van der Waals surface area (Å²) >= 11 is 3.26. The summed E-state index contributed by atoms with van der Waals surface area (Å²) in [5.41, 5.74) is -0.00107. The van der Waals surface area contributed by atoms with Crippen molar-refractivity contribution < 1.29 is 4.92 Å². The van der Waals surface area contributed by atoms with Crippen molar-refractivity contribution in [2.24, 2.45) is 5.92 Å². The third-order valence-electron chi connectivity index (χ3n) is 2.29. The molecule has 6 heteroatoms. The number of hydrogen-bond donors (Lipinski definition) is 1. The van der Waals surface area contributed by atoms with E-state index < -0.39 is 4.92 Å². The Kier molecular flexibility index (Phi) is 2.86. The molecule has 0 bridgehead atoms. The van der Waals surface area contributed by atoms with Gasteiger partial charge in [-0.15, -0.1) is 0 Å². The van der Waals surface area contributed by atoms with Gasteiger partial charge in [-0.1, -0.05) is 0 Å². The first kappa shape index (κ1) is 10.4. The summed E-state index contributed by atoms with van der Waals surface area (Å²) in [6, 6.07) is 1.46. The normalized spacial score (nSPS) is 15.0. The average Bonchev–Trinajstić information content (AvgIpc) is 2.99. The first-order valence-corrected chi connectivity index (χ1v) is 5.50. The fraction of sp³-hybridized carbons (Fsp3) is 0.444. The number of rotatable bonds is 4. The lowest BCUT2D eigenvalue weighted by molar-refractivity contribution is -0.385. The fourth-order valence-electron chi connectivity index (χ4n) is 1.22. The molecule has 0 aromatic carbocycles. The third-order valence-corrected chi connectivity index (χ3v) is 2.90. The van der Waals surface area contributed by atoms with Crippen molar-refractivity contribution in [1.82, 2.24) is 4.98 Å². The Bertz CT molecular complexity index is 393. The first-order valence-electron chi connectivity index (χ1n) is 4.70. The lowest BCUT2D eigenvalue weighted by atomic mass is 10.4. The van der Waals surface area contributed by atoms with Crippen LogP contribution in [-0.4, -0.2) is 16.5 Å². The van der Waals surface area contributed by atoms with E-state index in [1.165, 1.54) is 25.1 Å². The smallest absolute Gasteiger partial charge is 0.288 e. The zero-order valence-electron chi connectivity index (χ0n) is 7.94. The van der Waals surface area contributed by atoms with E-state index in [9.17, 15) is 10.1 Å². The van der Waals surface area contributed by atoms with Gasteiger partial charge in [-0.05, 0) is 34.7 Å². The molecule has 0 amide bonds. The van der Waals surface area contributed by atoms with Gasteiger partial charge in [0.15, 0.2) is 0 Å². The highest BCUT2D eigenvalue weighted by Crippen LogP contribution is 2.30. The molecule has 1 aliphatic carbocycles. The van der Waals surface area contributed by atoms with Crippen molar-refractivity contribution in [1.29, 1.82) is 0 Å². The van der Waals surface area contributed by atoms with E-state index in [0.29, 0.717) is 10.3 Å². The number of aromatic nitrogens is 1. The van der Waals surface area contributed by atoms with Crippen LogP contribution in [0.25, 0.3) is 0 Å². The molecule has 5 nitrogen and oxygen atoms in total. The van der Waals surface area contributed by atoms with Crippen LogP contribution >= 0.6 is 15.9 Å². The fourth-order valence-corrected chi connectivity index (χ4v) is 1.70. The monoisotopic (exact) mass is 271 g/mol. The highest BCUT2D eigenvalue weighted by Gasteiger charge is 2.21. The van der Waals surface area contributed by atoms with Crippen molar-refractivity contribution in [3.05, 3.63) is 26.9 Å². The minimum Gasteiger partial charge on any atom is -0.369 e.